The quantitative estimate of drug-likeness (QED) is 0.723. The number of amides is 2. The molecule has 0 radical (unpaired) electrons. The van der Waals surface area contributed by atoms with E-state index in [0.717, 1.165) is 32.1 Å². The Morgan fingerprint density at radius 3 is 2.65 bits per heavy atom. The van der Waals surface area contributed by atoms with Crippen LogP contribution in [0.15, 0.2) is 0 Å². The zero-order valence-corrected chi connectivity index (χ0v) is 11.8. The van der Waals surface area contributed by atoms with Crippen LogP contribution < -0.4 is 5.32 Å². The molecule has 3 N–H and O–H groups in total. The van der Waals surface area contributed by atoms with Crippen molar-refractivity contribution in [2.75, 3.05) is 13.2 Å². The number of hydrogen-bond donors (Lipinski definition) is 3. The van der Waals surface area contributed by atoms with Crippen LogP contribution in [-0.2, 0) is 4.79 Å². The van der Waals surface area contributed by atoms with E-state index in [9.17, 15) is 9.59 Å². The third-order valence-corrected chi connectivity index (χ3v) is 4.49. The van der Waals surface area contributed by atoms with E-state index < -0.39 is 11.9 Å². The molecule has 2 amide bonds. The molecule has 20 heavy (non-hydrogen) atoms. The molecule has 2 aliphatic rings. The molecule has 2 rings (SSSR count). The van der Waals surface area contributed by atoms with E-state index in [1.165, 1.54) is 0 Å². The molecular formula is C14H24N2O4. The van der Waals surface area contributed by atoms with Crippen molar-refractivity contribution in [3.8, 4) is 0 Å². The van der Waals surface area contributed by atoms with Crippen molar-refractivity contribution < 1.29 is 19.8 Å². The summed E-state index contributed by atoms with van der Waals surface area (Å²) in [5.41, 5.74) is 0. The molecule has 2 fully saturated rings. The highest BCUT2D eigenvalue weighted by Gasteiger charge is 2.36. The van der Waals surface area contributed by atoms with Crippen molar-refractivity contribution in [2.24, 2.45) is 5.92 Å². The van der Waals surface area contributed by atoms with Gasteiger partial charge < -0.3 is 20.4 Å². The van der Waals surface area contributed by atoms with Gasteiger partial charge >= 0.3 is 12.0 Å². The summed E-state index contributed by atoms with van der Waals surface area (Å²) in [6.45, 7) is 0.774. The highest BCUT2D eigenvalue weighted by atomic mass is 16.4. The number of carboxylic acid groups (broad SMARTS) is 1. The minimum atomic E-state index is -0.821. The number of carbonyl (C=O) groups excluding carboxylic acids is 1. The van der Waals surface area contributed by atoms with Gasteiger partial charge in [0.2, 0.25) is 0 Å². The molecule has 114 valence electrons. The maximum atomic E-state index is 12.3. The van der Waals surface area contributed by atoms with Crippen LogP contribution in [0.5, 0.6) is 0 Å². The Bertz CT molecular complexity index is 359. The first-order valence-corrected chi connectivity index (χ1v) is 7.54. The number of likely N-dealkylation sites (tertiary alicyclic amines) is 1. The fourth-order valence-corrected chi connectivity index (χ4v) is 3.39. The molecule has 3 unspecified atom stereocenters. The molecule has 0 aromatic rings. The van der Waals surface area contributed by atoms with E-state index in [0.29, 0.717) is 19.4 Å². The van der Waals surface area contributed by atoms with Gasteiger partial charge in [0.25, 0.3) is 0 Å². The lowest BCUT2D eigenvalue weighted by molar-refractivity contribution is -0.142. The second-order valence-electron chi connectivity index (χ2n) is 5.79. The van der Waals surface area contributed by atoms with Crippen molar-refractivity contribution in [2.45, 2.75) is 57.0 Å². The van der Waals surface area contributed by atoms with Crippen LogP contribution in [0.25, 0.3) is 0 Å². The number of aliphatic carboxylic acids is 1. The molecule has 1 aliphatic heterocycles. The highest BCUT2D eigenvalue weighted by molar-refractivity contribution is 5.77. The first kappa shape index (κ1) is 15.1. The highest BCUT2D eigenvalue weighted by Crippen LogP contribution is 2.27. The Kier molecular flexibility index (Phi) is 5.23. The molecule has 0 aromatic heterocycles. The van der Waals surface area contributed by atoms with Gasteiger partial charge in [-0.05, 0) is 38.5 Å². The molecular weight excluding hydrogens is 260 g/mol. The predicted octanol–water partition coefficient (Wildman–Crippen LogP) is 1.19. The normalized spacial score (nSPS) is 30.2. The van der Waals surface area contributed by atoms with Crippen molar-refractivity contribution in [3.63, 3.8) is 0 Å². The third-order valence-electron chi connectivity index (χ3n) is 4.49. The van der Waals surface area contributed by atoms with Gasteiger partial charge in [0.1, 0.15) is 0 Å². The van der Waals surface area contributed by atoms with Crippen molar-refractivity contribution >= 4 is 12.0 Å². The van der Waals surface area contributed by atoms with E-state index >= 15 is 0 Å². The molecule has 6 heteroatoms. The molecule has 1 saturated carbocycles. The lowest BCUT2D eigenvalue weighted by atomic mass is 10.00. The topological polar surface area (TPSA) is 89.9 Å². The molecule has 0 aromatic carbocycles. The van der Waals surface area contributed by atoms with Gasteiger partial charge in [0, 0.05) is 25.2 Å². The van der Waals surface area contributed by atoms with Crippen molar-refractivity contribution in [1.82, 2.24) is 10.2 Å². The molecule has 0 spiro atoms. The summed E-state index contributed by atoms with van der Waals surface area (Å²) in [5.74, 6) is -1.28. The standard InChI is InChI=1S/C14H24N2O4/c17-9-7-10-4-1-2-8-16(10)14(20)15-12-6-3-5-11(12)13(18)19/h10-12,17H,1-9H2,(H,15,20)(H,18,19). The lowest BCUT2D eigenvalue weighted by Crippen LogP contribution is -2.52. The van der Waals surface area contributed by atoms with Crippen LogP contribution >= 0.6 is 0 Å². The Balaban J connectivity index is 1.94. The monoisotopic (exact) mass is 284 g/mol. The van der Waals surface area contributed by atoms with Crippen LogP contribution in [-0.4, -0.2) is 52.3 Å². The summed E-state index contributed by atoms with van der Waals surface area (Å²) >= 11 is 0. The Hall–Kier alpha value is -1.30. The zero-order chi connectivity index (χ0) is 14.5. The van der Waals surface area contributed by atoms with Crippen molar-refractivity contribution in [1.29, 1.82) is 0 Å². The summed E-state index contributed by atoms with van der Waals surface area (Å²) in [6, 6.07) is -0.337. The number of hydrogen-bond acceptors (Lipinski definition) is 3. The van der Waals surface area contributed by atoms with Gasteiger partial charge in [0.15, 0.2) is 0 Å². The number of aliphatic hydroxyl groups excluding tert-OH is 1. The number of urea groups is 1. The minimum absolute atomic E-state index is 0.0790. The second kappa shape index (κ2) is 6.92. The van der Waals surface area contributed by atoms with Gasteiger partial charge in [-0.2, -0.15) is 0 Å². The maximum Gasteiger partial charge on any atom is 0.317 e. The van der Waals surface area contributed by atoms with Crippen LogP contribution in [0.1, 0.15) is 44.9 Å². The molecule has 1 saturated heterocycles. The zero-order valence-electron chi connectivity index (χ0n) is 11.8. The number of aliphatic hydroxyl groups is 1. The molecule has 1 heterocycles. The number of rotatable bonds is 4. The number of piperidine rings is 1. The van der Waals surface area contributed by atoms with E-state index in [2.05, 4.69) is 5.32 Å². The Labute approximate surface area is 119 Å². The van der Waals surface area contributed by atoms with Crippen LogP contribution in [0.3, 0.4) is 0 Å². The van der Waals surface area contributed by atoms with E-state index in [1.54, 1.807) is 4.90 Å². The Morgan fingerprint density at radius 1 is 1.15 bits per heavy atom. The summed E-state index contributed by atoms with van der Waals surface area (Å²) in [6.07, 6.45) is 5.79. The van der Waals surface area contributed by atoms with Crippen LogP contribution in [0, 0.1) is 5.92 Å². The maximum absolute atomic E-state index is 12.3. The van der Waals surface area contributed by atoms with Gasteiger partial charge in [-0.15, -0.1) is 0 Å². The minimum Gasteiger partial charge on any atom is -0.481 e. The summed E-state index contributed by atoms with van der Waals surface area (Å²) in [5, 5.41) is 21.1. The number of carboxylic acids is 1. The first-order chi connectivity index (χ1) is 9.63. The van der Waals surface area contributed by atoms with Crippen LogP contribution in [0.4, 0.5) is 4.79 Å². The third kappa shape index (κ3) is 3.42. The fourth-order valence-electron chi connectivity index (χ4n) is 3.39. The predicted molar refractivity (Wildman–Crippen MR) is 73.3 cm³/mol. The molecule has 0 bridgehead atoms. The van der Waals surface area contributed by atoms with Crippen LogP contribution in [0.2, 0.25) is 0 Å². The lowest BCUT2D eigenvalue weighted by Gasteiger charge is -2.36. The van der Waals surface area contributed by atoms with E-state index in [1.807, 2.05) is 0 Å². The summed E-state index contributed by atoms with van der Waals surface area (Å²) < 4.78 is 0. The van der Waals surface area contributed by atoms with Gasteiger partial charge in [-0.1, -0.05) is 6.42 Å². The fraction of sp³-hybridized carbons (Fsp3) is 0.857. The first-order valence-electron chi connectivity index (χ1n) is 7.54. The van der Waals surface area contributed by atoms with E-state index in [4.69, 9.17) is 10.2 Å². The summed E-state index contributed by atoms with van der Waals surface area (Å²) in [4.78, 5) is 25.3. The summed E-state index contributed by atoms with van der Waals surface area (Å²) in [7, 11) is 0. The largest absolute Gasteiger partial charge is 0.481 e. The number of nitrogens with one attached hydrogen (secondary N) is 1. The molecule has 3 atom stereocenters. The average Bonchev–Trinajstić information content (AvgIpc) is 2.88. The van der Waals surface area contributed by atoms with E-state index in [-0.39, 0.29) is 24.7 Å². The molecule has 1 aliphatic carbocycles. The Morgan fingerprint density at radius 2 is 1.95 bits per heavy atom. The average molecular weight is 284 g/mol. The molecule has 6 nitrogen and oxygen atoms in total. The van der Waals surface area contributed by atoms with Crippen molar-refractivity contribution in [3.05, 3.63) is 0 Å². The van der Waals surface area contributed by atoms with Gasteiger partial charge in [0.05, 0.1) is 5.92 Å². The number of nitrogens with zero attached hydrogens (tertiary/aromatic N) is 1. The van der Waals surface area contributed by atoms with Gasteiger partial charge in [-0.25, -0.2) is 4.79 Å². The smallest absolute Gasteiger partial charge is 0.317 e. The van der Waals surface area contributed by atoms with Gasteiger partial charge in [-0.3, -0.25) is 4.79 Å². The SMILES string of the molecule is O=C(O)C1CCCC1NC(=O)N1CCCCC1CCO. The number of carbonyl (C=O) groups is 2. The second-order valence-corrected chi connectivity index (χ2v) is 5.79.